The summed E-state index contributed by atoms with van der Waals surface area (Å²) in [6.07, 6.45) is 3.44. The van der Waals surface area contributed by atoms with E-state index >= 15 is 0 Å². The average Bonchev–Trinajstić information content (AvgIpc) is 3.06. The van der Waals surface area contributed by atoms with Gasteiger partial charge in [0.15, 0.2) is 11.2 Å². The largest absolute Gasteiger partial charge is 0.434 e. The van der Waals surface area contributed by atoms with Gasteiger partial charge in [-0.3, -0.25) is 4.98 Å². The van der Waals surface area contributed by atoms with Crippen LogP contribution in [0.15, 0.2) is 71.4 Å². The summed E-state index contributed by atoms with van der Waals surface area (Å²) in [5.41, 5.74) is 10.3. The molecule has 0 bridgehead atoms. The minimum atomic E-state index is -0.254. The molecule has 1 unspecified atom stereocenters. The smallest absolute Gasteiger partial charge is 0.228 e. The maximum Gasteiger partial charge on any atom is 0.228 e. The molecule has 0 spiro atoms. The summed E-state index contributed by atoms with van der Waals surface area (Å²) in [5, 5.41) is 0. The molecule has 0 amide bonds. The van der Waals surface area contributed by atoms with Crippen molar-refractivity contribution in [1.82, 2.24) is 15.0 Å². The van der Waals surface area contributed by atoms with Gasteiger partial charge in [0, 0.05) is 18.0 Å². The number of pyridine rings is 2. The van der Waals surface area contributed by atoms with Crippen molar-refractivity contribution in [1.29, 1.82) is 0 Å². The van der Waals surface area contributed by atoms with Gasteiger partial charge >= 0.3 is 0 Å². The first kappa shape index (κ1) is 13.6. The zero-order chi connectivity index (χ0) is 15.6. The Labute approximate surface area is 132 Å². The molecule has 0 aliphatic heterocycles. The van der Waals surface area contributed by atoms with Crippen molar-refractivity contribution in [3.05, 3.63) is 78.2 Å². The van der Waals surface area contributed by atoms with Gasteiger partial charge in [0.25, 0.3) is 0 Å². The van der Waals surface area contributed by atoms with Crippen LogP contribution in [0.2, 0.25) is 0 Å². The van der Waals surface area contributed by atoms with Crippen molar-refractivity contribution >= 4 is 11.2 Å². The molecule has 112 valence electrons. The minimum Gasteiger partial charge on any atom is -0.434 e. The molecule has 0 fully saturated rings. The van der Waals surface area contributed by atoms with Gasteiger partial charge in [0.05, 0.1) is 11.7 Å². The van der Waals surface area contributed by atoms with Crippen molar-refractivity contribution < 1.29 is 4.42 Å². The van der Waals surface area contributed by atoms with E-state index in [4.69, 9.17) is 10.2 Å². The number of fused-ring (bicyclic) bond motifs is 1. The predicted molar refractivity (Wildman–Crippen MR) is 87.5 cm³/mol. The molecule has 2 N–H and O–H groups in total. The lowest BCUT2D eigenvalue weighted by Gasteiger charge is -2.11. The summed E-state index contributed by atoms with van der Waals surface area (Å²) in [5.74, 6) is 0.552. The molecule has 0 aliphatic rings. The van der Waals surface area contributed by atoms with E-state index in [0.29, 0.717) is 17.1 Å². The summed E-state index contributed by atoms with van der Waals surface area (Å²) in [7, 11) is 0. The molecule has 0 aliphatic carbocycles. The molecule has 3 heterocycles. The molecule has 23 heavy (non-hydrogen) atoms. The fraction of sp³-hybridized carbons (Fsp3) is 0.0556. The van der Waals surface area contributed by atoms with Crippen molar-refractivity contribution in [2.75, 3.05) is 0 Å². The quantitative estimate of drug-likeness (QED) is 0.628. The second-order valence-electron chi connectivity index (χ2n) is 5.20. The Balaban J connectivity index is 1.65. The van der Waals surface area contributed by atoms with Crippen molar-refractivity contribution in [3.8, 4) is 11.5 Å². The van der Waals surface area contributed by atoms with Crippen molar-refractivity contribution in [2.24, 2.45) is 5.73 Å². The number of benzene rings is 1. The van der Waals surface area contributed by atoms with Crippen molar-refractivity contribution in [2.45, 2.75) is 6.04 Å². The number of nitrogens with zero attached hydrogens (tertiary/aromatic N) is 3. The van der Waals surface area contributed by atoms with Crippen LogP contribution < -0.4 is 5.73 Å². The van der Waals surface area contributed by atoms with E-state index in [2.05, 4.69) is 15.0 Å². The fourth-order valence-electron chi connectivity index (χ4n) is 2.46. The SMILES string of the molecule is NC(c1ccc(-c2nc3ncccc3o2)cc1)c1ccccn1. The monoisotopic (exact) mass is 302 g/mol. The van der Waals surface area contributed by atoms with E-state index in [1.54, 1.807) is 12.4 Å². The Morgan fingerprint density at radius 3 is 2.43 bits per heavy atom. The summed E-state index contributed by atoms with van der Waals surface area (Å²) in [6.45, 7) is 0. The lowest BCUT2D eigenvalue weighted by Crippen LogP contribution is -2.13. The maximum atomic E-state index is 6.25. The highest BCUT2D eigenvalue weighted by molar-refractivity contribution is 5.71. The third-order valence-electron chi connectivity index (χ3n) is 3.69. The zero-order valence-corrected chi connectivity index (χ0v) is 12.3. The Hall–Kier alpha value is -3.05. The molecule has 1 atom stereocenters. The van der Waals surface area contributed by atoms with Gasteiger partial charge in [-0.25, -0.2) is 4.98 Å². The lowest BCUT2D eigenvalue weighted by molar-refractivity contribution is 0.619. The van der Waals surface area contributed by atoms with Crippen LogP contribution in [0.5, 0.6) is 0 Å². The van der Waals surface area contributed by atoms with Crippen LogP contribution in [-0.2, 0) is 0 Å². The van der Waals surface area contributed by atoms with E-state index in [0.717, 1.165) is 16.8 Å². The predicted octanol–water partition coefficient (Wildman–Crippen LogP) is 3.33. The Morgan fingerprint density at radius 1 is 0.870 bits per heavy atom. The second-order valence-corrected chi connectivity index (χ2v) is 5.20. The van der Waals surface area contributed by atoms with Crippen LogP contribution in [0.4, 0.5) is 0 Å². The van der Waals surface area contributed by atoms with E-state index in [9.17, 15) is 0 Å². The number of aromatic nitrogens is 3. The standard InChI is InChI=1S/C18H14N4O/c19-16(14-4-1-2-10-20-14)12-6-8-13(9-7-12)18-22-17-15(23-18)5-3-11-21-17/h1-11,16H,19H2. The first-order chi connectivity index (χ1) is 11.3. The van der Waals surface area contributed by atoms with Gasteiger partial charge in [0.1, 0.15) is 0 Å². The molecular formula is C18H14N4O. The molecule has 0 radical (unpaired) electrons. The summed E-state index contributed by atoms with van der Waals surface area (Å²) < 4.78 is 5.72. The van der Waals surface area contributed by atoms with E-state index < -0.39 is 0 Å². The summed E-state index contributed by atoms with van der Waals surface area (Å²) in [6, 6.07) is 17.0. The Kier molecular flexibility index (Phi) is 3.33. The molecule has 0 saturated carbocycles. The summed E-state index contributed by atoms with van der Waals surface area (Å²) in [4.78, 5) is 12.9. The third kappa shape index (κ3) is 2.58. The van der Waals surface area contributed by atoms with E-state index in [1.165, 1.54) is 0 Å². The van der Waals surface area contributed by atoms with E-state index in [1.807, 2.05) is 54.6 Å². The summed E-state index contributed by atoms with van der Waals surface area (Å²) >= 11 is 0. The first-order valence-electron chi connectivity index (χ1n) is 7.30. The van der Waals surface area contributed by atoms with Crippen molar-refractivity contribution in [3.63, 3.8) is 0 Å². The van der Waals surface area contributed by atoms with Gasteiger partial charge in [-0.1, -0.05) is 18.2 Å². The number of rotatable bonds is 3. The topological polar surface area (TPSA) is 77.8 Å². The fourth-order valence-corrected chi connectivity index (χ4v) is 2.46. The van der Waals surface area contributed by atoms with Crippen LogP contribution in [0, 0.1) is 0 Å². The normalized spacial score (nSPS) is 12.4. The molecule has 0 saturated heterocycles. The number of hydrogen-bond donors (Lipinski definition) is 1. The zero-order valence-electron chi connectivity index (χ0n) is 12.3. The van der Waals surface area contributed by atoms with Crippen LogP contribution >= 0.6 is 0 Å². The maximum absolute atomic E-state index is 6.25. The van der Waals surface area contributed by atoms with Crippen LogP contribution in [0.25, 0.3) is 22.7 Å². The lowest BCUT2D eigenvalue weighted by atomic mass is 10.0. The van der Waals surface area contributed by atoms with Gasteiger partial charge < -0.3 is 10.2 Å². The molecule has 5 heteroatoms. The molecule has 1 aromatic carbocycles. The second kappa shape index (κ2) is 5.62. The highest BCUT2D eigenvalue weighted by Crippen LogP contribution is 2.25. The molecule has 5 nitrogen and oxygen atoms in total. The van der Waals surface area contributed by atoms with Crippen LogP contribution in [0.3, 0.4) is 0 Å². The highest BCUT2D eigenvalue weighted by Gasteiger charge is 2.12. The average molecular weight is 302 g/mol. The Morgan fingerprint density at radius 2 is 1.70 bits per heavy atom. The minimum absolute atomic E-state index is 0.254. The molecule has 3 aromatic heterocycles. The van der Waals surface area contributed by atoms with E-state index in [-0.39, 0.29) is 6.04 Å². The third-order valence-corrected chi connectivity index (χ3v) is 3.69. The number of hydrogen-bond acceptors (Lipinski definition) is 5. The van der Waals surface area contributed by atoms with Gasteiger partial charge in [0.2, 0.25) is 5.89 Å². The van der Waals surface area contributed by atoms with Gasteiger partial charge in [-0.05, 0) is 42.0 Å². The molecule has 4 rings (SSSR count). The molecular weight excluding hydrogens is 288 g/mol. The number of nitrogens with two attached hydrogens (primary N) is 1. The van der Waals surface area contributed by atoms with Crippen LogP contribution in [-0.4, -0.2) is 15.0 Å². The Bertz CT molecular complexity index is 899. The number of oxazole rings is 1. The van der Waals surface area contributed by atoms with Crippen LogP contribution in [0.1, 0.15) is 17.3 Å². The van der Waals surface area contributed by atoms with Gasteiger partial charge in [-0.15, -0.1) is 0 Å². The highest BCUT2D eigenvalue weighted by atomic mass is 16.3. The first-order valence-corrected chi connectivity index (χ1v) is 7.30. The van der Waals surface area contributed by atoms with Gasteiger partial charge in [-0.2, -0.15) is 4.98 Å². The molecule has 4 aromatic rings.